The van der Waals surface area contributed by atoms with Gasteiger partial charge in [-0.15, -0.1) is 0 Å². The van der Waals surface area contributed by atoms with Crippen LogP contribution in [-0.2, 0) is 16.1 Å². The van der Waals surface area contributed by atoms with Crippen LogP contribution in [0, 0.1) is 5.41 Å². The number of rotatable bonds is 3. The molecule has 1 aliphatic heterocycles. The van der Waals surface area contributed by atoms with Crippen molar-refractivity contribution in [3.05, 3.63) is 29.6 Å². The van der Waals surface area contributed by atoms with E-state index in [1.165, 1.54) is 23.2 Å². The lowest BCUT2D eigenvalue weighted by Gasteiger charge is -2.17. The van der Waals surface area contributed by atoms with E-state index in [0.717, 1.165) is 0 Å². The van der Waals surface area contributed by atoms with Crippen molar-refractivity contribution in [2.75, 3.05) is 0 Å². The van der Waals surface area contributed by atoms with Crippen molar-refractivity contribution in [2.45, 2.75) is 26.8 Å². The quantitative estimate of drug-likeness (QED) is 0.823. The zero-order valence-electron chi connectivity index (χ0n) is 10.7. The van der Waals surface area contributed by atoms with E-state index < -0.39 is 11.4 Å². The summed E-state index contributed by atoms with van der Waals surface area (Å²) in [6.45, 7) is 3.55. The van der Waals surface area contributed by atoms with E-state index >= 15 is 0 Å². The normalized spacial score (nSPS) is 17.9. The summed E-state index contributed by atoms with van der Waals surface area (Å²) in [6.07, 6.45) is 1.41. The molecule has 0 radical (unpaired) electrons. The van der Waals surface area contributed by atoms with E-state index in [1.807, 2.05) is 0 Å². The van der Waals surface area contributed by atoms with Crippen LogP contribution in [-0.4, -0.2) is 32.8 Å². The molecule has 2 rings (SSSR count). The van der Waals surface area contributed by atoms with Crippen LogP contribution in [0.2, 0.25) is 0 Å². The minimum Gasteiger partial charge on any atom is -0.478 e. The van der Waals surface area contributed by atoms with Gasteiger partial charge in [0.05, 0.1) is 23.2 Å². The molecule has 0 atom stereocenters. The number of carbonyl (C=O) groups excluding carboxylic acids is 2. The number of amides is 2. The molecule has 2 amide bonds. The number of hydrogen-bond donors (Lipinski definition) is 1. The molecule has 0 aromatic carbocycles. The average Bonchev–Trinajstić information content (AvgIpc) is 2.52. The van der Waals surface area contributed by atoms with Crippen molar-refractivity contribution in [1.29, 1.82) is 0 Å². The Kier molecular flexibility index (Phi) is 3.09. The minimum absolute atomic E-state index is 0.0724. The average molecular weight is 262 g/mol. The number of aromatic carboxylic acids is 1. The van der Waals surface area contributed by atoms with Crippen molar-refractivity contribution in [2.24, 2.45) is 5.41 Å². The van der Waals surface area contributed by atoms with Crippen molar-refractivity contribution in [1.82, 2.24) is 9.88 Å². The van der Waals surface area contributed by atoms with Crippen LogP contribution in [0.1, 0.15) is 36.3 Å². The second kappa shape index (κ2) is 4.46. The summed E-state index contributed by atoms with van der Waals surface area (Å²) in [5.41, 5.74) is -0.106. The van der Waals surface area contributed by atoms with Gasteiger partial charge in [-0.3, -0.25) is 19.5 Å². The summed E-state index contributed by atoms with van der Waals surface area (Å²) in [4.78, 5) is 39.6. The summed E-state index contributed by atoms with van der Waals surface area (Å²) < 4.78 is 0. The molecule has 6 heteroatoms. The Labute approximate surface area is 110 Å². The zero-order chi connectivity index (χ0) is 14.2. The Morgan fingerprint density at radius 3 is 2.53 bits per heavy atom. The third-order valence-corrected chi connectivity index (χ3v) is 3.11. The number of imide groups is 1. The van der Waals surface area contributed by atoms with Crippen LogP contribution >= 0.6 is 0 Å². The molecule has 1 saturated heterocycles. The SMILES string of the molecule is CC1(C)CC(=O)N(Cc2ccc(C(=O)O)cn2)C1=O. The van der Waals surface area contributed by atoms with Crippen LogP contribution in [0.3, 0.4) is 0 Å². The Balaban J connectivity index is 2.16. The molecule has 19 heavy (non-hydrogen) atoms. The minimum atomic E-state index is -1.06. The number of aromatic nitrogens is 1. The number of carboxylic acid groups (broad SMARTS) is 1. The molecule has 2 heterocycles. The lowest BCUT2D eigenvalue weighted by Crippen LogP contribution is -2.32. The molecule has 1 fully saturated rings. The maximum Gasteiger partial charge on any atom is 0.337 e. The van der Waals surface area contributed by atoms with Crippen molar-refractivity contribution < 1.29 is 19.5 Å². The summed E-state index contributed by atoms with van der Waals surface area (Å²) in [5.74, 6) is -1.51. The molecule has 0 spiro atoms. The second-order valence-electron chi connectivity index (χ2n) is 5.19. The van der Waals surface area contributed by atoms with Gasteiger partial charge >= 0.3 is 5.97 Å². The Bertz CT molecular complexity index is 548. The number of nitrogens with zero attached hydrogens (tertiary/aromatic N) is 2. The van der Waals surface area contributed by atoms with Gasteiger partial charge in [-0.2, -0.15) is 0 Å². The topological polar surface area (TPSA) is 87.6 Å². The smallest absolute Gasteiger partial charge is 0.337 e. The van der Waals surface area contributed by atoms with E-state index in [-0.39, 0.29) is 30.3 Å². The highest BCUT2D eigenvalue weighted by Crippen LogP contribution is 2.32. The lowest BCUT2D eigenvalue weighted by molar-refractivity contribution is -0.141. The van der Waals surface area contributed by atoms with Crippen molar-refractivity contribution in [3.8, 4) is 0 Å². The molecule has 0 bridgehead atoms. The molecule has 6 nitrogen and oxygen atoms in total. The molecule has 1 N–H and O–H groups in total. The molecule has 1 aromatic rings. The van der Waals surface area contributed by atoms with Crippen LogP contribution in [0.15, 0.2) is 18.3 Å². The van der Waals surface area contributed by atoms with Crippen molar-refractivity contribution >= 4 is 17.8 Å². The Morgan fingerprint density at radius 1 is 1.42 bits per heavy atom. The van der Waals surface area contributed by atoms with Crippen LogP contribution in [0.25, 0.3) is 0 Å². The van der Waals surface area contributed by atoms with E-state index in [4.69, 9.17) is 5.11 Å². The van der Waals surface area contributed by atoms with E-state index in [1.54, 1.807) is 13.8 Å². The number of pyridine rings is 1. The highest BCUT2D eigenvalue weighted by atomic mass is 16.4. The van der Waals surface area contributed by atoms with Gasteiger partial charge in [0, 0.05) is 12.6 Å². The standard InChI is InChI=1S/C13H14N2O4/c1-13(2)5-10(16)15(12(13)19)7-9-4-3-8(6-14-9)11(17)18/h3-4,6H,5,7H2,1-2H3,(H,17,18). The van der Waals surface area contributed by atoms with Crippen molar-refractivity contribution in [3.63, 3.8) is 0 Å². The van der Waals surface area contributed by atoms with Crippen LogP contribution in [0.4, 0.5) is 0 Å². The fraction of sp³-hybridized carbons (Fsp3) is 0.385. The summed E-state index contributed by atoms with van der Waals surface area (Å²) in [6, 6.07) is 2.91. The predicted octanol–water partition coefficient (Wildman–Crippen LogP) is 1.06. The molecule has 0 unspecified atom stereocenters. The van der Waals surface area contributed by atoms with Gasteiger partial charge in [0.2, 0.25) is 11.8 Å². The molecular formula is C13H14N2O4. The maximum atomic E-state index is 12.0. The fourth-order valence-corrected chi connectivity index (χ4v) is 1.99. The molecule has 0 aliphatic carbocycles. The molecular weight excluding hydrogens is 248 g/mol. The predicted molar refractivity (Wildman–Crippen MR) is 65.2 cm³/mol. The highest BCUT2D eigenvalue weighted by molar-refractivity contribution is 6.05. The largest absolute Gasteiger partial charge is 0.478 e. The summed E-state index contributed by atoms with van der Waals surface area (Å²) in [7, 11) is 0. The van der Waals surface area contributed by atoms with E-state index in [0.29, 0.717) is 5.69 Å². The van der Waals surface area contributed by atoms with E-state index in [9.17, 15) is 14.4 Å². The van der Waals surface area contributed by atoms with Gasteiger partial charge in [0.15, 0.2) is 0 Å². The first-order valence-electron chi connectivity index (χ1n) is 5.84. The summed E-state index contributed by atoms with van der Waals surface area (Å²) in [5, 5.41) is 8.75. The van der Waals surface area contributed by atoms with Gasteiger partial charge in [0.1, 0.15) is 0 Å². The fourth-order valence-electron chi connectivity index (χ4n) is 1.99. The third kappa shape index (κ3) is 2.47. The second-order valence-corrected chi connectivity index (χ2v) is 5.19. The molecule has 1 aliphatic rings. The monoisotopic (exact) mass is 262 g/mol. The lowest BCUT2D eigenvalue weighted by atomic mass is 9.92. The number of carbonyl (C=O) groups is 3. The Hall–Kier alpha value is -2.24. The maximum absolute atomic E-state index is 12.0. The zero-order valence-corrected chi connectivity index (χ0v) is 10.7. The van der Waals surface area contributed by atoms with Gasteiger partial charge in [0.25, 0.3) is 0 Å². The van der Waals surface area contributed by atoms with Crippen LogP contribution in [0.5, 0.6) is 0 Å². The summed E-state index contributed by atoms with van der Waals surface area (Å²) >= 11 is 0. The highest BCUT2D eigenvalue weighted by Gasteiger charge is 2.44. The first-order valence-corrected chi connectivity index (χ1v) is 5.84. The molecule has 1 aromatic heterocycles. The Morgan fingerprint density at radius 2 is 2.11 bits per heavy atom. The number of hydrogen-bond acceptors (Lipinski definition) is 4. The number of likely N-dealkylation sites (tertiary alicyclic amines) is 1. The molecule has 100 valence electrons. The van der Waals surface area contributed by atoms with Crippen LogP contribution < -0.4 is 0 Å². The third-order valence-electron chi connectivity index (χ3n) is 3.11. The van der Waals surface area contributed by atoms with Gasteiger partial charge < -0.3 is 5.11 Å². The first-order chi connectivity index (χ1) is 8.81. The van der Waals surface area contributed by atoms with E-state index in [2.05, 4.69) is 4.98 Å². The first kappa shape index (κ1) is 13.2. The van der Waals surface area contributed by atoms with Gasteiger partial charge in [-0.25, -0.2) is 4.79 Å². The number of carboxylic acids is 1. The van der Waals surface area contributed by atoms with Gasteiger partial charge in [-0.05, 0) is 12.1 Å². The van der Waals surface area contributed by atoms with Gasteiger partial charge in [-0.1, -0.05) is 13.8 Å². The molecule has 0 saturated carbocycles.